The van der Waals surface area contributed by atoms with Gasteiger partial charge in [0.15, 0.2) is 5.82 Å². The zero-order valence-corrected chi connectivity index (χ0v) is 9.56. The van der Waals surface area contributed by atoms with E-state index in [1.54, 1.807) is 12.4 Å². The van der Waals surface area contributed by atoms with Gasteiger partial charge in [0.2, 0.25) is 0 Å². The first-order valence-corrected chi connectivity index (χ1v) is 5.99. The molecule has 1 aliphatic heterocycles. The highest BCUT2D eigenvalue weighted by Crippen LogP contribution is 2.21. The first-order valence-electron chi connectivity index (χ1n) is 5.99. The van der Waals surface area contributed by atoms with Crippen LogP contribution in [0.1, 0.15) is 31.1 Å². The van der Waals surface area contributed by atoms with Gasteiger partial charge in [0.1, 0.15) is 5.82 Å². The molecule has 5 nitrogen and oxygen atoms in total. The van der Waals surface area contributed by atoms with E-state index in [4.69, 9.17) is 0 Å². The highest BCUT2D eigenvalue weighted by molar-refractivity contribution is 5.52. The van der Waals surface area contributed by atoms with Crippen molar-refractivity contribution in [3.63, 3.8) is 0 Å². The van der Waals surface area contributed by atoms with Crippen molar-refractivity contribution >= 4 is 0 Å². The SMILES string of the molecule is c1cc(-c2n[nH]c([C@H]3CCCCN3)n2)ccn1. The maximum atomic E-state index is 4.55. The zero-order valence-electron chi connectivity index (χ0n) is 9.56. The highest BCUT2D eigenvalue weighted by atomic mass is 15.2. The fourth-order valence-corrected chi connectivity index (χ4v) is 2.15. The number of nitrogens with one attached hydrogen (secondary N) is 2. The van der Waals surface area contributed by atoms with Crippen molar-refractivity contribution in [1.82, 2.24) is 25.5 Å². The molecule has 0 unspecified atom stereocenters. The van der Waals surface area contributed by atoms with E-state index in [9.17, 15) is 0 Å². The van der Waals surface area contributed by atoms with Crippen LogP contribution < -0.4 is 5.32 Å². The normalized spacial score (nSPS) is 20.4. The molecule has 0 amide bonds. The lowest BCUT2D eigenvalue weighted by Crippen LogP contribution is -2.27. The second kappa shape index (κ2) is 4.63. The van der Waals surface area contributed by atoms with E-state index in [-0.39, 0.29) is 0 Å². The standard InChI is InChI=1S/C12H15N5/c1-2-6-14-10(3-1)12-15-11(16-17-12)9-4-7-13-8-5-9/h4-5,7-8,10,14H,1-3,6H2,(H,15,16,17)/t10-/m1/s1. The van der Waals surface area contributed by atoms with Gasteiger partial charge in [-0.3, -0.25) is 10.1 Å². The van der Waals surface area contributed by atoms with E-state index in [2.05, 4.69) is 25.5 Å². The Hall–Kier alpha value is -1.75. The molecule has 0 aromatic carbocycles. The van der Waals surface area contributed by atoms with Crippen molar-refractivity contribution in [2.24, 2.45) is 0 Å². The number of hydrogen-bond donors (Lipinski definition) is 2. The van der Waals surface area contributed by atoms with Gasteiger partial charge in [-0.15, -0.1) is 0 Å². The molecule has 1 fully saturated rings. The Kier molecular flexibility index (Phi) is 2.83. The van der Waals surface area contributed by atoms with Crippen LogP contribution >= 0.6 is 0 Å². The van der Waals surface area contributed by atoms with Crippen LogP contribution in [0.25, 0.3) is 11.4 Å². The molecule has 5 heteroatoms. The minimum atomic E-state index is 0.326. The summed E-state index contributed by atoms with van der Waals surface area (Å²) in [5.41, 5.74) is 0.998. The number of nitrogens with zero attached hydrogens (tertiary/aromatic N) is 3. The summed E-state index contributed by atoms with van der Waals surface area (Å²) in [6.07, 6.45) is 7.14. The minimum absolute atomic E-state index is 0.326. The molecule has 2 N–H and O–H groups in total. The Bertz CT molecular complexity index is 473. The predicted molar refractivity (Wildman–Crippen MR) is 64.2 cm³/mol. The Balaban J connectivity index is 1.83. The fraction of sp³-hybridized carbons (Fsp3) is 0.417. The molecule has 3 rings (SSSR count). The van der Waals surface area contributed by atoms with Crippen LogP contribution in [-0.2, 0) is 0 Å². The Morgan fingerprint density at radius 1 is 1.18 bits per heavy atom. The average molecular weight is 229 g/mol. The number of hydrogen-bond acceptors (Lipinski definition) is 4. The van der Waals surface area contributed by atoms with Crippen LogP contribution in [0.4, 0.5) is 0 Å². The summed E-state index contributed by atoms with van der Waals surface area (Å²) in [6.45, 7) is 1.07. The third kappa shape index (κ3) is 2.19. The van der Waals surface area contributed by atoms with E-state index in [1.807, 2.05) is 12.1 Å². The third-order valence-electron chi connectivity index (χ3n) is 3.08. The topological polar surface area (TPSA) is 66.5 Å². The lowest BCUT2D eigenvalue weighted by Gasteiger charge is -2.20. The molecular formula is C12H15N5. The molecule has 2 aromatic heterocycles. The number of rotatable bonds is 2. The predicted octanol–water partition coefficient (Wildman–Crippen LogP) is 1.68. The molecule has 3 heterocycles. The first-order chi connectivity index (χ1) is 8.43. The van der Waals surface area contributed by atoms with Crippen LogP contribution in [0.3, 0.4) is 0 Å². The summed E-state index contributed by atoms with van der Waals surface area (Å²) >= 11 is 0. The lowest BCUT2D eigenvalue weighted by atomic mass is 10.0. The lowest BCUT2D eigenvalue weighted by molar-refractivity contribution is 0.398. The van der Waals surface area contributed by atoms with Gasteiger partial charge in [-0.2, -0.15) is 5.10 Å². The zero-order chi connectivity index (χ0) is 11.5. The Morgan fingerprint density at radius 2 is 2.06 bits per heavy atom. The molecule has 0 saturated carbocycles. The molecular weight excluding hydrogens is 214 g/mol. The molecule has 88 valence electrons. The van der Waals surface area contributed by atoms with E-state index in [0.29, 0.717) is 6.04 Å². The molecule has 1 atom stereocenters. The molecule has 2 aromatic rings. The van der Waals surface area contributed by atoms with E-state index in [1.165, 1.54) is 12.8 Å². The molecule has 0 spiro atoms. The van der Waals surface area contributed by atoms with Crippen LogP contribution in [-0.4, -0.2) is 26.7 Å². The number of pyridine rings is 1. The second-order valence-corrected chi connectivity index (χ2v) is 4.28. The summed E-state index contributed by atoms with van der Waals surface area (Å²) in [6, 6.07) is 4.16. The van der Waals surface area contributed by atoms with Crippen molar-refractivity contribution < 1.29 is 0 Å². The maximum absolute atomic E-state index is 4.55. The summed E-state index contributed by atoms with van der Waals surface area (Å²) in [5, 5.41) is 10.7. The average Bonchev–Trinajstić information content (AvgIpc) is 2.90. The summed E-state index contributed by atoms with van der Waals surface area (Å²) < 4.78 is 0. The molecule has 1 saturated heterocycles. The third-order valence-corrected chi connectivity index (χ3v) is 3.08. The van der Waals surface area contributed by atoms with Crippen molar-refractivity contribution in [3.05, 3.63) is 30.4 Å². The minimum Gasteiger partial charge on any atom is -0.307 e. The van der Waals surface area contributed by atoms with E-state index < -0.39 is 0 Å². The largest absolute Gasteiger partial charge is 0.307 e. The number of H-pyrrole nitrogens is 1. The van der Waals surface area contributed by atoms with Gasteiger partial charge < -0.3 is 5.32 Å². The molecule has 0 radical (unpaired) electrons. The van der Waals surface area contributed by atoms with Crippen LogP contribution in [0.15, 0.2) is 24.5 Å². The van der Waals surface area contributed by atoms with Gasteiger partial charge in [-0.05, 0) is 31.5 Å². The van der Waals surface area contributed by atoms with Crippen molar-refractivity contribution in [1.29, 1.82) is 0 Å². The molecule has 1 aliphatic rings. The van der Waals surface area contributed by atoms with E-state index >= 15 is 0 Å². The molecule has 0 bridgehead atoms. The Morgan fingerprint density at radius 3 is 2.82 bits per heavy atom. The molecule has 17 heavy (non-hydrogen) atoms. The molecule has 0 aliphatic carbocycles. The van der Waals surface area contributed by atoms with Crippen LogP contribution in [0.5, 0.6) is 0 Å². The smallest absolute Gasteiger partial charge is 0.181 e. The van der Waals surface area contributed by atoms with Gasteiger partial charge in [0.05, 0.1) is 6.04 Å². The fourth-order valence-electron chi connectivity index (χ4n) is 2.15. The highest BCUT2D eigenvalue weighted by Gasteiger charge is 2.18. The Labute approximate surface area is 99.7 Å². The number of aromatic nitrogens is 4. The monoisotopic (exact) mass is 229 g/mol. The number of aromatic amines is 1. The van der Waals surface area contributed by atoms with Crippen molar-refractivity contribution in [3.8, 4) is 11.4 Å². The van der Waals surface area contributed by atoms with Crippen LogP contribution in [0.2, 0.25) is 0 Å². The number of piperidine rings is 1. The second-order valence-electron chi connectivity index (χ2n) is 4.28. The van der Waals surface area contributed by atoms with Gasteiger partial charge in [-0.1, -0.05) is 6.42 Å². The van der Waals surface area contributed by atoms with Gasteiger partial charge in [0, 0.05) is 18.0 Å². The van der Waals surface area contributed by atoms with Gasteiger partial charge in [-0.25, -0.2) is 4.98 Å². The summed E-state index contributed by atoms with van der Waals surface area (Å²) in [7, 11) is 0. The van der Waals surface area contributed by atoms with Gasteiger partial charge in [0.25, 0.3) is 0 Å². The summed E-state index contributed by atoms with van der Waals surface area (Å²) in [4.78, 5) is 8.54. The maximum Gasteiger partial charge on any atom is 0.181 e. The van der Waals surface area contributed by atoms with Crippen LogP contribution in [0, 0.1) is 0 Å². The van der Waals surface area contributed by atoms with Crippen molar-refractivity contribution in [2.45, 2.75) is 25.3 Å². The van der Waals surface area contributed by atoms with Crippen molar-refractivity contribution in [2.75, 3.05) is 6.54 Å². The first kappa shape index (κ1) is 10.4. The van der Waals surface area contributed by atoms with Gasteiger partial charge >= 0.3 is 0 Å². The summed E-state index contributed by atoms with van der Waals surface area (Å²) in [5.74, 6) is 1.69. The quantitative estimate of drug-likeness (QED) is 0.822. The van der Waals surface area contributed by atoms with E-state index in [0.717, 1.165) is 30.2 Å².